The number of amides is 1. The smallest absolute Gasteiger partial charge is 0.338 e. The Morgan fingerprint density at radius 2 is 1.97 bits per heavy atom. The zero-order chi connectivity index (χ0) is 20.8. The summed E-state index contributed by atoms with van der Waals surface area (Å²) in [5.74, 6) is -2.41. The molecule has 1 heterocycles. The molecule has 6 nitrogen and oxygen atoms in total. The molecule has 1 N–H and O–H groups in total. The highest BCUT2D eigenvalue weighted by atomic mass is 19.1. The molecule has 2 aromatic rings. The molecule has 1 aliphatic rings. The van der Waals surface area contributed by atoms with Crippen molar-refractivity contribution in [3.8, 4) is 5.75 Å². The number of esters is 1. The molecule has 29 heavy (non-hydrogen) atoms. The molecule has 8 heteroatoms. The van der Waals surface area contributed by atoms with Crippen LogP contribution in [-0.4, -0.2) is 37.3 Å². The molecule has 1 saturated heterocycles. The number of halogens is 2. The molecule has 3 rings (SSSR count). The van der Waals surface area contributed by atoms with Gasteiger partial charge >= 0.3 is 5.97 Å². The first kappa shape index (κ1) is 20.7. The minimum Gasteiger partial charge on any atom is -0.491 e. The lowest BCUT2D eigenvalue weighted by molar-refractivity contribution is -0.123. The topological polar surface area (TPSA) is 73.9 Å². The summed E-state index contributed by atoms with van der Waals surface area (Å²) in [6, 6.07) is 8.95. The highest BCUT2D eigenvalue weighted by Gasteiger charge is 2.21. The van der Waals surface area contributed by atoms with Gasteiger partial charge in [0.15, 0.2) is 6.10 Å². The van der Waals surface area contributed by atoms with Gasteiger partial charge in [-0.25, -0.2) is 13.6 Å². The van der Waals surface area contributed by atoms with Crippen LogP contribution in [0.2, 0.25) is 0 Å². The number of rotatable bonds is 7. The summed E-state index contributed by atoms with van der Waals surface area (Å²) >= 11 is 0. The number of ether oxygens (including phenoxy) is 3. The van der Waals surface area contributed by atoms with Gasteiger partial charge in [0, 0.05) is 12.7 Å². The second kappa shape index (κ2) is 9.47. The van der Waals surface area contributed by atoms with E-state index in [2.05, 4.69) is 5.32 Å². The summed E-state index contributed by atoms with van der Waals surface area (Å²) in [6.07, 6.45) is 0.864. The third kappa shape index (κ3) is 5.74. The van der Waals surface area contributed by atoms with E-state index in [9.17, 15) is 18.4 Å². The van der Waals surface area contributed by atoms with Gasteiger partial charge in [-0.3, -0.25) is 4.79 Å². The van der Waals surface area contributed by atoms with Crippen molar-refractivity contribution in [3.05, 3.63) is 59.7 Å². The van der Waals surface area contributed by atoms with E-state index in [-0.39, 0.29) is 17.4 Å². The summed E-state index contributed by atoms with van der Waals surface area (Å²) in [5, 5.41) is 2.20. The highest BCUT2D eigenvalue weighted by Crippen LogP contribution is 2.18. The number of hydrogen-bond acceptors (Lipinski definition) is 5. The summed E-state index contributed by atoms with van der Waals surface area (Å²) < 4.78 is 43.0. The first-order chi connectivity index (χ1) is 13.9. The van der Waals surface area contributed by atoms with E-state index < -0.39 is 29.6 Å². The molecule has 0 bridgehead atoms. The van der Waals surface area contributed by atoms with E-state index in [4.69, 9.17) is 14.2 Å². The molecule has 1 aliphatic heterocycles. The molecule has 0 saturated carbocycles. The fourth-order valence-electron chi connectivity index (χ4n) is 2.76. The van der Waals surface area contributed by atoms with Crippen LogP contribution in [0.25, 0.3) is 0 Å². The summed E-state index contributed by atoms with van der Waals surface area (Å²) in [6.45, 7) is 2.53. The molecule has 154 valence electrons. The molecule has 0 aromatic heterocycles. The zero-order valence-electron chi connectivity index (χ0n) is 15.8. The second-order valence-electron chi connectivity index (χ2n) is 6.63. The van der Waals surface area contributed by atoms with Crippen molar-refractivity contribution >= 4 is 17.6 Å². The van der Waals surface area contributed by atoms with E-state index in [0.29, 0.717) is 12.4 Å². The fourth-order valence-corrected chi connectivity index (χ4v) is 2.76. The van der Waals surface area contributed by atoms with Gasteiger partial charge in [0.1, 0.15) is 24.0 Å². The number of benzene rings is 2. The van der Waals surface area contributed by atoms with Crippen LogP contribution < -0.4 is 10.1 Å². The maximum absolute atomic E-state index is 13.6. The molecule has 2 aromatic carbocycles. The molecule has 0 spiro atoms. The van der Waals surface area contributed by atoms with Crippen LogP contribution in [0.15, 0.2) is 42.5 Å². The minimum absolute atomic E-state index is 0.0851. The van der Waals surface area contributed by atoms with E-state index in [1.54, 1.807) is 12.1 Å². The van der Waals surface area contributed by atoms with Gasteiger partial charge in [0.25, 0.3) is 5.91 Å². The standard InChI is InChI=1S/C21H21F2NO5/c1-13(20(25)24-19-11-15(22)6-9-18(19)23)29-21(26)14-4-7-16(8-5-14)28-12-17-3-2-10-27-17/h4-9,11,13,17H,2-3,10,12H2,1H3,(H,24,25)/t13-,17+/m1/s1. The van der Waals surface area contributed by atoms with Crippen molar-refractivity contribution in [2.24, 2.45) is 0 Å². The molecule has 0 radical (unpaired) electrons. The van der Waals surface area contributed by atoms with Crippen LogP contribution in [-0.2, 0) is 14.3 Å². The van der Waals surface area contributed by atoms with E-state index in [0.717, 1.165) is 37.6 Å². The Hall–Kier alpha value is -3.00. The van der Waals surface area contributed by atoms with Gasteiger partial charge in [0.2, 0.25) is 0 Å². The molecular weight excluding hydrogens is 384 g/mol. The van der Waals surface area contributed by atoms with Gasteiger partial charge in [-0.1, -0.05) is 0 Å². The Morgan fingerprint density at radius 1 is 1.21 bits per heavy atom. The second-order valence-corrected chi connectivity index (χ2v) is 6.63. The van der Waals surface area contributed by atoms with Crippen LogP contribution in [0.4, 0.5) is 14.5 Å². The minimum atomic E-state index is -1.21. The molecule has 1 amide bonds. The first-order valence-electron chi connectivity index (χ1n) is 9.24. The number of carbonyl (C=O) groups excluding carboxylic acids is 2. The van der Waals surface area contributed by atoms with Gasteiger partial charge < -0.3 is 19.5 Å². The Labute approximate surface area is 166 Å². The normalized spacial score (nSPS) is 16.9. The van der Waals surface area contributed by atoms with Crippen molar-refractivity contribution in [2.75, 3.05) is 18.5 Å². The lowest BCUT2D eigenvalue weighted by atomic mass is 10.2. The predicted molar refractivity (Wildman–Crippen MR) is 101 cm³/mol. The Bertz CT molecular complexity index is 866. The Kier molecular flexibility index (Phi) is 6.77. The highest BCUT2D eigenvalue weighted by molar-refractivity contribution is 5.97. The zero-order valence-corrected chi connectivity index (χ0v) is 15.8. The SMILES string of the molecule is C[C@@H](OC(=O)c1ccc(OC[C@@H]2CCCO2)cc1)C(=O)Nc1cc(F)ccc1F. The third-order valence-corrected chi connectivity index (χ3v) is 4.39. The quantitative estimate of drug-likeness (QED) is 0.711. The molecule has 0 unspecified atom stereocenters. The summed E-state index contributed by atoms with van der Waals surface area (Å²) in [7, 11) is 0. The molecule has 0 aliphatic carbocycles. The van der Waals surface area contributed by atoms with Crippen LogP contribution >= 0.6 is 0 Å². The fraction of sp³-hybridized carbons (Fsp3) is 0.333. The lowest BCUT2D eigenvalue weighted by Gasteiger charge is -2.14. The largest absolute Gasteiger partial charge is 0.491 e. The van der Waals surface area contributed by atoms with Crippen molar-refractivity contribution in [1.82, 2.24) is 0 Å². The first-order valence-corrected chi connectivity index (χ1v) is 9.24. The van der Waals surface area contributed by atoms with Crippen molar-refractivity contribution in [1.29, 1.82) is 0 Å². The van der Waals surface area contributed by atoms with Crippen LogP contribution in [0.5, 0.6) is 5.75 Å². The van der Waals surface area contributed by atoms with Gasteiger partial charge in [-0.2, -0.15) is 0 Å². The van der Waals surface area contributed by atoms with E-state index in [1.807, 2.05) is 0 Å². The average Bonchev–Trinajstić information content (AvgIpc) is 3.23. The number of nitrogens with one attached hydrogen (secondary N) is 1. The van der Waals surface area contributed by atoms with Gasteiger partial charge in [0.05, 0.1) is 17.4 Å². The van der Waals surface area contributed by atoms with Crippen LogP contribution in [0.1, 0.15) is 30.1 Å². The Balaban J connectivity index is 1.51. The number of anilines is 1. The summed E-state index contributed by atoms with van der Waals surface area (Å²) in [5.41, 5.74) is -0.100. The molecular formula is C21H21F2NO5. The van der Waals surface area contributed by atoms with Crippen molar-refractivity contribution in [2.45, 2.75) is 32.0 Å². The predicted octanol–water partition coefficient (Wildman–Crippen LogP) is 3.71. The maximum atomic E-state index is 13.6. The lowest BCUT2D eigenvalue weighted by Crippen LogP contribution is -2.30. The monoisotopic (exact) mass is 405 g/mol. The van der Waals surface area contributed by atoms with Crippen molar-refractivity contribution < 1.29 is 32.6 Å². The third-order valence-electron chi connectivity index (χ3n) is 4.39. The number of carbonyl (C=O) groups is 2. The van der Waals surface area contributed by atoms with Crippen LogP contribution in [0, 0.1) is 11.6 Å². The van der Waals surface area contributed by atoms with Gasteiger partial charge in [-0.05, 0) is 56.2 Å². The van der Waals surface area contributed by atoms with E-state index in [1.165, 1.54) is 19.1 Å². The Morgan fingerprint density at radius 3 is 2.66 bits per heavy atom. The van der Waals surface area contributed by atoms with E-state index >= 15 is 0 Å². The molecule has 2 atom stereocenters. The van der Waals surface area contributed by atoms with Crippen LogP contribution in [0.3, 0.4) is 0 Å². The number of hydrogen-bond donors (Lipinski definition) is 1. The summed E-state index contributed by atoms with van der Waals surface area (Å²) in [4.78, 5) is 24.3. The maximum Gasteiger partial charge on any atom is 0.338 e. The molecule has 1 fully saturated rings. The van der Waals surface area contributed by atoms with Crippen molar-refractivity contribution in [3.63, 3.8) is 0 Å². The van der Waals surface area contributed by atoms with Gasteiger partial charge in [-0.15, -0.1) is 0 Å². The average molecular weight is 405 g/mol.